The first-order valence-corrected chi connectivity index (χ1v) is 9.00. The van der Waals surface area contributed by atoms with Crippen LogP contribution in [0.25, 0.3) is 0 Å². The lowest BCUT2D eigenvalue weighted by atomic mass is 9.87. The number of hydrogen-bond donors (Lipinski definition) is 1. The zero-order valence-electron chi connectivity index (χ0n) is 15.7. The van der Waals surface area contributed by atoms with Crippen molar-refractivity contribution in [3.05, 3.63) is 29.3 Å². The van der Waals surface area contributed by atoms with Crippen LogP contribution in [0.1, 0.15) is 33.1 Å². The van der Waals surface area contributed by atoms with E-state index in [1.165, 1.54) is 12.0 Å². The van der Waals surface area contributed by atoms with E-state index in [0.29, 0.717) is 17.1 Å². The topological polar surface area (TPSA) is 102 Å². The zero-order chi connectivity index (χ0) is 20.2. The monoisotopic (exact) mass is 393 g/mol. The van der Waals surface area contributed by atoms with Crippen LogP contribution in [-0.4, -0.2) is 43.2 Å². The van der Waals surface area contributed by atoms with Gasteiger partial charge in [-0.3, -0.25) is 19.3 Å². The largest absolute Gasteiger partial charge is 0.387 e. The number of rotatable bonds is 7. The molecule has 27 heavy (non-hydrogen) atoms. The van der Waals surface area contributed by atoms with Gasteiger partial charge < -0.3 is 10.5 Å². The van der Waals surface area contributed by atoms with Crippen LogP contribution < -0.4 is 10.6 Å². The van der Waals surface area contributed by atoms with Crippen molar-refractivity contribution in [1.82, 2.24) is 0 Å². The van der Waals surface area contributed by atoms with E-state index in [2.05, 4.69) is 4.99 Å². The molecule has 0 aromatic heterocycles. The van der Waals surface area contributed by atoms with Gasteiger partial charge in [0.1, 0.15) is 17.7 Å². The molecule has 2 amide bonds. The molecule has 1 unspecified atom stereocenters. The van der Waals surface area contributed by atoms with Crippen molar-refractivity contribution < 1.29 is 19.1 Å². The minimum absolute atomic E-state index is 0.0652. The first kappa shape index (κ1) is 21.1. The maximum absolute atomic E-state index is 12.6. The highest BCUT2D eigenvalue weighted by molar-refractivity contribution is 6.30. The normalized spacial score (nSPS) is 18.1. The minimum Gasteiger partial charge on any atom is -0.387 e. The highest BCUT2D eigenvalue weighted by Crippen LogP contribution is 2.28. The molecule has 1 fully saturated rings. The average Bonchev–Trinajstić information content (AvgIpc) is 2.97. The number of anilines is 1. The van der Waals surface area contributed by atoms with E-state index in [1.807, 2.05) is 0 Å². The summed E-state index contributed by atoms with van der Waals surface area (Å²) in [6.07, 6.45) is 0.443. The third kappa shape index (κ3) is 5.14. The van der Waals surface area contributed by atoms with Crippen molar-refractivity contribution in [2.24, 2.45) is 16.1 Å². The second-order valence-electron chi connectivity index (χ2n) is 7.15. The maximum Gasteiger partial charge on any atom is 0.270 e. The number of benzene rings is 1. The number of halogens is 1. The smallest absolute Gasteiger partial charge is 0.270 e. The molecule has 146 valence electrons. The summed E-state index contributed by atoms with van der Waals surface area (Å²) in [6.45, 7) is 3.73. The Hall–Kier alpha value is -2.25. The third-order valence-electron chi connectivity index (χ3n) is 4.46. The van der Waals surface area contributed by atoms with Gasteiger partial charge in [0.2, 0.25) is 5.91 Å². The molecular weight excluding hydrogens is 370 g/mol. The van der Waals surface area contributed by atoms with Crippen molar-refractivity contribution >= 4 is 40.7 Å². The second kappa shape index (κ2) is 8.63. The van der Waals surface area contributed by atoms with Gasteiger partial charge in [0.05, 0.1) is 13.0 Å². The predicted octanol–water partition coefficient (Wildman–Crippen LogP) is 2.35. The second-order valence-corrected chi connectivity index (χ2v) is 7.59. The van der Waals surface area contributed by atoms with E-state index in [4.69, 9.17) is 22.1 Å². The van der Waals surface area contributed by atoms with Gasteiger partial charge in [0.25, 0.3) is 5.91 Å². The lowest BCUT2D eigenvalue weighted by Gasteiger charge is -2.23. The molecule has 1 aliphatic heterocycles. The molecule has 0 bridgehead atoms. The Bertz CT molecular complexity index is 759. The fourth-order valence-electron chi connectivity index (χ4n) is 2.94. The molecule has 1 atom stereocenters. The Labute approximate surface area is 163 Å². The van der Waals surface area contributed by atoms with Crippen molar-refractivity contribution in [3.63, 3.8) is 0 Å². The predicted molar refractivity (Wildman–Crippen MR) is 104 cm³/mol. The van der Waals surface area contributed by atoms with Crippen molar-refractivity contribution in [3.8, 4) is 0 Å². The summed E-state index contributed by atoms with van der Waals surface area (Å²) in [5.41, 5.74) is 5.67. The van der Waals surface area contributed by atoms with E-state index >= 15 is 0 Å². The fourth-order valence-corrected chi connectivity index (χ4v) is 3.07. The van der Waals surface area contributed by atoms with Gasteiger partial charge in [0.15, 0.2) is 0 Å². The number of nitrogens with two attached hydrogens (primary N) is 1. The van der Waals surface area contributed by atoms with Gasteiger partial charge in [0, 0.05) is 29.7 Å². The number of carbonyl (C=O) groups excluding carboxylic acids is 3. The van der Waals surface area contributed by atoms with Gasteiger partial charge in [-0.2, -0.15) is 4.99 Å². The molecule has 0 spiro atoms. The summed E-state index contributed by atoms with van der Waals surface area (Å²) in [5.74, 6) is -0.938. The van der Waals surface area contributed by atoms with E-state index in [0.717, 1.165) is 0 Å². The maximum atomic E-state index is 12.6. The number of ether oxygens (including phenoxy) is 1. The number of amidine groups is 1. The van der Waals surface area contributed by atoms with E-state index in [-0.39, 0.29) is 37.0 Å². The third-order valence-corrected chi connectivity index (χ3v) is 4.71. The Morgan fingerprint density at radius 1 is 1.33 bits per heavy atom. The van der Waals surface area contributed by atoms with Crippen LogP contribution in [0.5, 0.6) is 0 Å². The summed E-state index contributed by atoms with van der Waals surface area (Å²) >= 11 is 5.88. The lowest BCUT2D eigenvalue weighted by Crippen LogP contribution is -2.39. The average molecular weight is 394 g/mol. The molecular formula is C19H24ClN3O4. The number of methoxy groups -OCH3 is 1. The van der Waals surface area contributed by atoms with Gasteiger partial charge >= 0.3 is 0 Å². The first-order valence-electron chi connectivity index (χ1n) is 8.62. The van der Waals surface area contributed by atoms with Gasteiger partial charge in [-0.25, -0.2) is 0 Å². The minimum atomic E-state index is -0.737. The van der Waals surface area contributed by atoms with Crippen LogP contribution in [0.4, 0.5) is 5.69 Å². The summed E-state index contributed by atoms with van der Waals surface area (Å²) in [5, 5.41) is 0.535. The molecule has 1 aromatic carbocycles. The van der Waals surface area contributed by atoms with Crippen molar-refractivity contribution in [2.75, 3.05) is 18.6 Å². The van der Waals surface area contributed by atoms with Crippen molar-refractivity contribution in [2.45, 2.75) is 39.2 Å². The van der Waals surface area contributed by atoms with Gasteiger partial charge in [-0.1, -0.05) is 25.4 Å². The SMILES string of the molecule is COCC(C)(C)C(=O)CC(N)=NC(=O)C1CCC(=O)N1c1ccc(Cl)cc1. The Balaban J connectivity index is 2.13. The van der Waals surface area contributed by atoms with Crippen LogP contribution in [0.15, 0.2) is 29.3 Å². The summed E-state index contributed by atoms with van der Waals surface area (Å²) in [4.78, 5) is 42.4. The number of aliphatic imine (C=N–C) groups is 1. The Kier molecular flexibility index (Phi) is 6.73. The number of nitrogens with zero attached hydrogens (tertiary/aromatic N) is 2. The molecule has 2 rings (SSSR count). The molecule has 2 N–H and O–H groups in total. The summed E-state index contributed by atoms with van der Waals surface area (Å²) < 4.78 is 5.03. The number of carbonyl (C=O) groups is 3. The fraction of sp³-hybridized carbons (Fsp3) is 0.474. The molecule has 0 saturated carbocycles. The molecule has 7 nitrogen and oxygen atoms in total. The molecule has 1 heterocycles. The van der Waals surface area contributed by atoms with Crippen LogP contribution in [-0.2, 0) is 19.1 Å². The molecule has 0 radical (unpaired) electrons. The molecule has 0 aliphatic carbocycles. The standard InChI is InChI=1S/C19H24ClN3O4/c1-19(2,11-27-3)15(24)10-16(21)22-18(26)14-8-9-17(25)23(14)13-6-4-12(20)5-7-13/h4-7,14H,8-11H2,1-3H3,(H2,21,22,26). The number of amides is 2. The highest BCUT2D eigenvalue weighted by atomic mass is 35.5. The number of ketones is 1. The van der Waals surface area contributed by atoms with E-state index < -0.39 is 17.4 Å². The van der Waals surface area contributed by atoms with Crippen LogP contribution in [0, 0.1) is 5.41 Å². The molecule has 1 aliphatic rings. The lowest BCUT2D eigenvalue weighted by molar-refractivity contribution is -0.128. The van der Waals surface area contributed by atoms with Gasteiger partial charge in [-0.15, -0.1) is 0 Å². The van der Waals surface area contributed by atoms with Crippen LogP contribution in [0.2, 0.25) is 5.02 Å². The molecule has 1 aromatic rings. The summed E-state index contributed by atoms with van der Waals surface area (Å²) in [6, 6.07) is 5.92. The molecule has 8 heteroatoms. The van der Waals surface area contributed by atoms with Crippen LogP contribution in [0.3, 0.4) is 0 Å². The van der Waals surface area contributed by atoms with Gasteiger partial charge in [-0.05, 0) is 30.7 Å². The summed E-state index contributed by atoms with van der Waals surface area (Å²) in [7, 11) is 1.51. The van der Waals surface area contributed by atoms with Crippen molar-refractivity contribution in [1.29, 1.82) is 0 Å². The number of hydrogen-bond acceptors (Lipinski definition) is 4. The Morgan fingerprint density at radius 2 is 1.96 bits per heavy atom. The highest BCUT2D eigenvalue weighted by Gasteiger charge is 2.37. The van der Waals surface area contributed by atoms with Crippen LogP contribution >= 0.6 is 11.6 Å². The quantitative estimate of drug-likeness (QED) is 0.565. The molecule has 1 saturated heterocycles. The first-order chi connectivity index (χ1) is 12.7. The van der Waals surface area contributed by atoms with E-state index in [1.54, 1.807) is 38.1 Å². The zero-order valence-corrected chi connectivity index (χ0v) is 16.5. The Morgan fingerprint density at radius 3 is 2.56 bits per heavy atom. The van der Waals surface area contributed by atoms with E-state index in [9.17, 15) is 14.4 Å². The number of Topliss-reactive ketones (excluding diaryl/α,β-unsaturated/α-hetero) is 1.